The van der Waals surface area contributed by atoms with Gasteiger partial charge in [-0.15, -0.1) is 0 Å². The Bertz CT molecular complexity index is 730. The largest absolute Gasteiger partial charge is 0.416 e. The van der Waals surface area contributed by atoms with Crippen molar-refractivity contribution in [1.29, 1.82) is 0 Å². The molecular weight excluding hydrogens is 400 g/mol. The third-order valence-corrected chi connectivity index (χ3v) is 6.33. The number of amides is 1. The maximum Gasteiger partial charge on any atom is 0.416 e. The van der Waals surface area contributed by atoms with E-state index in [1.54, 1.807) is 0 Å². The van der Waals surface area contributed by atoms with Crippen molar-refractivity contribution >= 4 is 27.3 Å². The summed E-state index contributed by atoms with van der Waals surface area (Å²) in [5.41, 5.74) is 3.79. The molecule has 0 saturated carbocycles. The number of hydrogen-bond donors (Lipinski definition) is 1. The summed E-state index contributed by atoms with van der Waals surface area (Å²) in [6.45, 7) is 0. The third kappa shape index (κ3) is 5.50. The van der Waals surface area contributed by atoms with Crippen molar-refractivity contribution in [2.45, 2.75) is 29.4 Å². The summed E-state index contributed by atoms with van der Waals surface area (Å²) in [5, 5.41) is 0. The predicted octanol–water partition coefficient (Wildman–Crippen LogP) is 3.04. The van der Waals surface area contributed by atoms with Crippen molar-refractivity contribution in [3.63, 3.8) is 0 Å². The van der Waals surface area contributed by atoms with Gasteiger partial charge in [-0.1, -0.05) is 23.7 Å². The first kappa shape index (κ1) is 21.6. The number of alkyl halides is 7. The van der Waals surface area contributed by atoms with Gasteiger partial charge in [-0.3, -0.25) is 4.79 Å². The SMILES string of the molecule is NC(=O)C(Cl)(Cc1ccc(C(F)(F)F)cc1)S(=O)(=O)CCC(F)(F)F. The maximum atomic E-state index is 12.5. The number of sulfone groups is 1. The molecule has 1 aromatic carbocycles. The Balaban J connectivity index is 3.12. The number of hydrogen-bond acceptors (Lipinski definition) is 3. The van der Waals surface area contributed by atoms with Crippen molar-refractivity contribution in [1.82, 2.24) is 0 Å². The van der Waals surface area contributed by atoms with Gasteiger partial charge in [0.2, 0.25) is 4.21 Å². The number of rotatable bonds is 6. The van der Waals surface area contributed by atoms with Gasteiger partial charge >= 0.3 is 12.4 Å². The molecule has 1 rings (SSSR count). The zero-order chi connectivity index (χ0) is 19.7. The molecule has 0 aliphatic rings. The number of nitrogens with two attached hydrogens (primary N) is 1. The van der Waals surface area contributed by atoms with Crippen molar-refractivity contribution in [3.05, 3.63) is 35.4 Å². The highest BCUT2D eigenvalue weighted by Crippen LogP contribution is 2.33. The van der Waals surface area contributed by atoms with Crippen LogP contribution in [0.1, 0.15) is 17.5 Å². The first-order valence-electron chi connectivity index (χ1n) is 6.52. The minimum atomic E-state index is -4.84. The van der Waals surface area contributed by atoms with Crippen molar-refractivity contribution in [3.8, 4) is 0 Å². The van der Waals surface area contributed by atoms with Crippen LogP contribution in [0.4, 0.5) is 26.3 Å². The average Bonchev–Trinajstić information content (AvgIpc) is 2.43. The monoisotopic (exact) mass is 411 g/mol. The predicted molar refractivity (Wildman–Crippen MR) is 77.4 cm³/mol. The fourth-order valence-electron chi connectivity index (χ4n) is 1.84. The Labute approximate surface area is 143 Å². The van der Waals surface area contributed by atoms with E-state index >= 15 is 0 Å². The number of carbonyl (C=O) groups is 1. The van der Waals surface area contributed by atoms with Crippen LogP contribution < -0.4 is 5.73 Å². The molecule has 12 heteroatoms. The highest BCUT2D eigenvalue weighted by Gasteiger charge is 2.49. The van der Waals surface area contributed by atoms with Crippen LogP contribution in [0.3, 0.4) is 0 Å². The second-order valence-corrected chi connectivity index (χ2v) is 8.35. The lowest BCUT2D eigenvalue weighted by atomic mass is 10.1. The molecular formula is C13H12ClF6NO3S. The summed E-state index contributed by atoms with van der Waals surface area (Å²) >= 11 is 5.71. The van der Waals surface area contributed by atoms with E-state index in [0.717, 1.165) is 12.1 Å². The van der Waals surface area contributed by atoms with Gasteiger partial charge in [0, 0.05) is 6.42 Å². The average molecular weight is 412 g/mol. The Morgan fingerprint density at radius 2 is 1.52 bits per heavy atom. The summed E-state index contributed by atoms with van der Waals surface area (Å²) in [6.07, 6.45) is -12.1. The minimum Gasteiger partial charge on any atom is -0.367 e. The molecule has 0 aliphatic heterocycles. The van der Waals surface area contributed by atoms with Gasteiger partial charge in [0.25, 0.3) is 5.91 Å². The molecule has 4 nitrogen and oxygen atoms in total. The summed E-state index contributed by atoms with van der Waals surface area (Å²) in [6, 6.07) is 2.97. The van der Waals surface area contributed by atoms with E-state index < -0.39 is 56.5 Å². The molecule has 0 fully saturated rings. The standard InChI is InChI=1S/C13H12ClF6NO3S/c14-11(10(21)22,25(23,24)6-5-12(15,16)17)7-8-1-3-9(4-2-8)13(18,19)20/h1-4H,5-7H2,(H2,21,22). The smallest absolute Gasteiger partial charge is 0.367 e. The molecule has 142 valence electrons. The summed E-state index contributed by atoms with van der Waals surface area (Å²) in [4.78, 5) is 11.5. The van der Waals surface area contributed by atoms with E-state index in [1.165, 1.54) is 0 Å². The molecule has 0 saturated heterocycles. The van der Waals surface area contributed by atoms with Crippen molar-refractivity contribution < 1.29 is 39.6 Å². The van der Waals surface area contributed by atoms with Gasteiger partial charge < -0.3 is 5.73 Å². The topological polar surface area (TPSA) is 77.2 Å². The van der Waals surface area contributed by atoms with E-state index in [-0.39, 0.29) is 5.56 Å². The molecule has 25 heavy (non-hydrogen) atoms. The van der Waals surface area contributed by atoms with E-state index in [2.05, 4.69) is 0 Å². The molecule has 0 aliphatic carbocycles. The van der Waals surface area contributed by atoms with E-state index in [1.807, 2.05) is 0 Å². The fourth-order valence-corrected chi connectivity index (χ4v) is 3.74. The van der Waals surface area contributed by atoms with Crippen LogP contribution >= 0.6 is 11.6 Å². The van der Waals surface area contributed by atoms with Gasteiger partial charge in [-0.05, 0) is 17.7 Å². The Morgan fingerprint density at radius 3 is 1.88 bits per heavy atom. The van der Waals surface area contributed by atoms with Crippen LogP contribution in [0.5, 0.6) is 0 Å². The van der Waals surface area contributed by atoms with E-state index in [0.29, 0.717) is 12.1 Å². The Morgan fingerprint density at radius 1 is 1.04 bits per heavy atom. The zero-order valence-corrected chi connectivity index (χ0v) is 13.9. The third-order valence-electron chi connectivity index (χ3n) is 3.23. The van der Waals surface area contributed by atoms with Gasteiger partial charge in [-0.2, -0.15) is 26.3 Å². The molecule has 0 spiro atoms. The second kappa shape index (κ2) is 7.02. The van der Waals surface area contributed by atoms with Crippen LogP contribution in [0.15, 0.2) is 24.3 Å². The molecule has 1 aromatic rings. The molecule has 2 N–H and O–H groups in total. The lowest BCUT2D eigenvalue weighted by Gasteiger charge is -2.24. The lowest BCUT2D eigenvalue weighted by Crippen LogP contribution is -2.49. The van der Waals surface area contributed by atoms with E-state index in [9.17, 15) is 39.6 Å². The van der Waals surface area contributed by atoms with E-state index in [4.69, 9.17) is 17.3 Å². The van der Waals surface area contributed by atoms with Gasteiger partial charge in [0.15, 0.2) is 9.84 Å². The second-order valence-electron chi connectivity index (χ2n) is 5.15. The van der Waals surface area contributed by atoms with Crippen LogP contribution in [-0.4, -0.2) is 30.5 Å². The van der Waals surface area contributed by atoms with Crippen LogP contribution in [0.25, 0.3) is 0 Å². The molecule has 1 unspecified atom stereocenters. The number of carbonyl (C=O) groups excluding carboxylic acids is 1. The molecule has 1 atom stereocenters. The number of benzene rings is 1. The number of primary amides is 1. The zero-order valence-electron chi connectivity index (χ0n) is 12.3. The number of halogens is 7. The van der Waals surface area contributed by atoms with Gasteiger partial charge in [-0.25, -0.2) is 8.42 Å². The Kier molecular flexibility index (Phi) is 6.05. The molecule has 0 heterocycles. The summed E-state index contributed by atoms with van der Waals surface area (Å²) in [5.74, 6) is -3.10. The van der Waals surface area contributed by atoms with Crippen LogP contribution in [0.2, 0.25) is 0 Å². The lowest BCUT2D eigenvalue weighted by molar-refractivity contribution is -0.137. The van der Waals surface area contributed by atoms with Crippen molar-refractivity contribution in [2.75, 3.05) is 5.75 Å². The maximum absolute atomic E-state index is 12.5. The molecule has 0 radical (unpaired) electrons. The minimum absolute atomic E-state index is 0.114. The Hall–Kier alpha value is -1.49. The quantitative estimate of drug-likeness (QED) is 0.577. The molecule has 0 aromatic heterocycles. The van der Waals surface area contributed by atoms with Crippen LogP contribution in [0, 0.1) is 0 Å². The van der Waals surface area contributed by atoms with Crippen molar-refractivity contribution in [2.24, 2.45) is 5.73 Å². The molecule has 0 bridgehead atoms. The summed E-state index contributed by atoms with van der Waals surface area (Å²) < 4.78 is 95.3. The highest BCUT2D eigenvalue weighted by molar-refractivity contribution is 7.95. The van der Waals surface area contributed by atoms with Gasteiger partial charge in [0.1, 0.15) is 0 Å². The first-order chi connectivity index (χ1) is 11.1. The van der Waals surface area contributed by atoms with Gasteiger partial charge in [0.05, 0.1) is 17.7 Å². The normalized spacial score (nSPS) is 15.6. The summed E-state index contributed by atoms with van der Waals surface area (Å²) in [7, 11) is -4.84. The van der Waals surface area contributed by atoms with Crippen LogP contribution in [-0.2, 0) is 27.2 Å². The first-order valence-corrected chi connectivity index (χ1v) is 8.55. The fraction of sp³-hybridized carbons (Fsp3) is 0.462. The molecule has 1 amide bonds. The highest BCUT2D eigenvalue weighted by atomic mass is 35.5.